The van der Waals surface area contributed by atoms with E-state index < -0.39 is 22.4 Å². The van der Waals surface area contributed by atoms with Crippen molar-refractivity contribution in [1.29, 1.82) is 15.8 Å². The number of alkyl halides is 3. The minimum Gasteiger partial charge on any atom is -0.857 e. The second kappa shape index (κ2) is 27.8. The summed E-state index contributed by atoms with van der Waals surface area (Å²) in [5.41, 5.74) is 1.61. The number of hydrogen-bond donors (Lipinski definition) is 2. The molecule has 0 aliphatic heterocycles. The molecule has 0 amide bonds. The van der Waals surface area contributed by atoms with Gasteiger partial charge in [-0.3, -0.25) is 0 Å². The van der Waals surface area contributed by atoms with E-state index in [0.717, 1.165) is 30.9 Å². The number of rotatable bonds is 5. The van der Waals surface area contributed by atoms with Crippen molar-refractivity contribution in [2.75, 3.05) is 19.6 Å². The SMILES string of the molecule is C.CO.C[O-].ClCCl.N#CC1(c2ccc(Cl)cc2)CC(F)C1.N#CC1(c2ccc(Cl)cc2)CC(O)C1.N#CC1(c2ccc(Cl)cc2)CC(OC(=O)c2ccccc2)C1.[Na+]. The molecule has 0 saturated heterocycles. The molecule has 2 N–H and O–H groups in total. The van der Waals surface area contributed by atoms with Crippen LogP contribution in [-0.4, -0.2) is 54.1 Å². The van der Waals surface area contributed by atoms with E-state index in [2.05, 4.69) is 18.2 Å². The van der Waals surface area contributed by atoms with Gasteiger partial charge in [0.05, 0.1) is 51.5 Å². The van der Waals surface area contributed by atoms with Crippen molar-refractivity contribution in [3.8, 4) is 18.2 Å². The Bertz CT molecular complexity index is 1860. The van der Waals surface area contributed by atoms with Crippen molar-refractivity contribution < 1.29 is 58.8 Å². The topological polar surface area (TPSA) is 161 Å². The van der Waals surface area contributed by atoms with Gasteiger partial charge in [0.15, 0.2) is 0 Å². The predicted octanol–water partition coefficient (Wildman–Crippen LogP) is 7.26. The van der Waals surface area contributed by atoms with Crippen LogP contribution in [0.3, 0.4) is 0 Å². The summed E-state index contributed by atoms with van der Waals surface area (Å²) < 4.78 is 18.2. The van der Waals surface area contributed by atoms with Gasteiger partial charge in [-0.05, 0) is 78.1 Å². The normalized spacial score (nSPS) is 23.6. The molecule has 4 aromatic carbocycles. The van der Waals surface area contributed by atoms with E-state index in [4.69, 9.17) is 83.5 Å². The largest absolute Gasteiger partial charge is 1.00 e. The summed E-state index contributed by atoms with van der Waals surface area (Å²) in [4.78, 5) is 12.0. The fourth-order valence-corrected chi connectivity index (χ4v) is 6.89. The number of benzene rings is 4. The van der Waals surface area contributed by atoms with Crippen LogP contribution >= 0.6 is 58.0 Å². The average Bonchev–Trinajstić information content (AvgIpc) is 3.20. The average molecular weight is 916 g/mol. The molecule has 0 unspecified atom stereocenters. The van der Waals surface area contributed by atoms with E-state index in [1.165, 1.54) is 0 Å². The van der Waals surface area contributed by atoms with E-state index in [-0.39, 0.29) is 60.5 Å². The molecule has 310 valence electrons. The third-order valence-electron chi connectivity index (χ3n) is 9.58. The molecule has 0 atom stereocenters. The molecule has 4 aromatic rings. The Labute approximate surface area is 394 Å². The second-order valence-corrected chi connectivity index (χ2v) is 15.2. The first-order chi connectivity index (χ1) is 27.4. The molecule has 0 spiro atoms. The molecule has 15 heteroatoms. The Balaban J connectivity index is 0.000000804. The van der Waals surface area contributed by atoms with Gasteiger partial charge in [-0.15, -0.1) is 23.2 Å². The van der Waals surface area contributed by atoms with Crippen molar-refractivity contribution >= 4 is 64.0 Å². The van der Waals surface area contributed by atoms with Crippen LogP contribution in [0.5, 0.6) is 0 Å². The summed E-state index contributed by atoms with van der Waals surface area (Å²) >= 11 is 26.9. The van der Waals surface area contributed by atoms with Gasteiger partial charge in [0.2, 0.25) is 0 Å². The predicted molar refractivity (Wildman–Crippen MR) is 228 cm³/mol. The standard InChI is InChI=1S/C18H14ClNO2.C11H9ClFN.C11H10ClNO.CH2Cl2.CH4O.CH3O.CH4.Na/c19-15-8-6-14(7-9-15)18(12-20)10-16(11-18)22-17(21)13-4-2-1-3-5-13;12-9-3-1-8(2-4-9)11(7-14)5-10(13)6-11;12-9-3-1-8(2-4-9)11(7-13)5-10(14)6-11;2-1-3;2*1-2;;/h1-9,16H,10-11H2;1-4,10H,5-6H2;1-4,10,14H,5-6H2;1H2;2H,1H3;1H3;1H4;/q;;;;;-1;;+1. The molecule has 8 nitrogen and oxygen atoms in total. The monoisotopic (exact) mass is 913 g/mol. The Hall–Kier alpha value is -2.92. The number of nitriles is 3. The second-order valence-electron chi connectivity index (χ2n) is 13.1. The van der Waals surface area contributed by atoms with Crippen molar-refractivity contribution in [2.24, 2.45) is 0 Å². The fourth-order valence-electron chi connectivity index (χ4n) is 6.52. The van der Waals surface area contributed by atoms with Crippen LogP contribution in [0.25, 0.3) is 0 Å². The van der Waals surface area contributed by atoms with Crippen molar-refractivity contribution in [3.63, 3.8) is 0 Å². The van der Waals surface area contributed by atoms with Gasteiger partial charge in [0.25, 0.3) is 0 Å². The van der Waals surface area contributed by atoms with Gasteiger partial charge in [-0.25, -0.2) is 9.18 Å². The summed E-state index contributed by atoms with van der Waals surface area (Å²) in [5, 5.41) is 54.3. The van der Waals surface area contributed by atoms with Crippen LogP contribution in [0, 0.1) is 34.0 Å². The van der Waals surface area contributed by atoms with E-state index in [0.29, 0.717) is 59.2 Å². The number of aliphatic hydroxyl groups is 2. The van der Waals surface area contributed by atoms with Gasteiger partial charge in [0, 0.05) is 47.9 Å². The van der Waals surface area contributed by atoms with Crippen LogP contribution in [0.1, 0.15) is 73.0 Å². The molecule has 59 heavy (non-hydrogen) atoms. The summed E-state index contributed by atoms with van der Waals surface area (Å²) in [5.74, 6) is -0.340. The zero-order chi connectivity index (χ0) is 42.6. The van der Waals surface area contributed by atoms with Crippen molar-refractivity contribution in [2.45, 2.75) is 80.6 Å². The fraction of sp³-hybridized carbons (Fsp3) is 0.364. The third-order valence-corrected chi connectivity index (χ3v) is 10.3. The molecule has 3 aliphatic carbocycles. The number of hydrogen-bond acceptors (Lipinski definition) is 8. The van der Waals surface area contributed by atoms with E-state index >= 15 is 0 Å². The van der Waals surface area contributed by atoms with Gasteiger partial charge in [0.1, 0.15) is 12.3 Å². The Morgan fingerprint density at radius 1 is 0.678 bits per heavy atom. The van der Waals surface area contributed by atoms with Crippen molar-refractivity contribution in [3.05, 3.63) is 140 Å². The zero-order valence-corrected chi connectivity index (χ0v) is 38.0. The van der Waals surface area contributed by atoms with Gasteiger partial charge in [-0.1, -0.05) is 96.8 Å². The van der Waals surface area contributed by atoms with Crippen molar-refractivity contribution in [1.82, 2.24) is 0 Å². The van der Waals surface area contributed by atoms with Gasteiger partial charge in [-0.2, -0.15) is 22.9 Å². The van der Waals surface area contributed by atoms with Crippen LogP contribution in [0.4, 0.5) is 4.39 Å². The molecular weight excluding hydrogens is 870 g/mol. The maximum Gasteiger partial charge on any atom is 1.00 e. The zero-order valence-electron chi connectivity index (χ0n) is 32.2. The first-order valence-electron chi connectivity index (χ1n) is 17.4. The Morgan fingerprint density at radius 3 is 1.27 bits per heavy atom. The summed E-state index contributed by atoms with van der Waals surface area (Å²) in [6.45, 7) is 0. The Kier molecular flexibility index (Phi) is 26.5. The van der Waals surface area contributed by atoms with E-state index in [1.54, 1.807) is 72.8 Å². The molecule has 0 radical (unpaired) electrons. The number of nitrogens with zero attached hydrogens (tertiary/aromatic N) is 3. The number of ether oxygens (including phenoxy) is 1. The third kappa shape index (κ3) is 15.5. The molecule has 3 saturated carbocycles. The summed E-state index contributed by atoms with van der Waals surface area (Å²) in [7, 11) is 1.75. The minimum atomic E-state index is -0.828. The van der Waals surface area contributed by atoms with E-state index in [9.17, 15) is 19.6 Å². The maximum absolute atomic E-state index is 12.8. The van der Waals surface area contributed by atoms with Crippen LogP contribution in [-0.2, 0) is 21.0 Å². The Morgan fingerprint density at radius 2 is 0.983 bits per heavy atom. The molecular formula is C44H46Cl5FN3NaO5. The van der Waals surface area contributed by atoms with Gasteiger partial charge < -0.3 is 20.1 Å². The van der Waals surface area contributed by atoms with E-state index in [1.807, 2.05) is 30.3 Å². The van der Waals surface area contributed by atoms with Crippen LogP contribution in [0.2, 0.25) is 15.1 Å². The minimum absolute atomic E-state index is 0. The van der Waals surface area contributed by atoms with Crippen LogP contribution < -0.4 is 34.7 Å². The number of carbonyl (C=O) groups is 1. The molecule has 0 aromatic heterocycles. The number of carbonyl (C=O) groups excluding carboxylic acids is 1. The number of halogens is 6. The molecule has 7 rings (SSSR count). The molecule has 0 heterocycles. The summed E-state index contributed by atoms with van der Waals surface area (Å²) in [6.07, 6.45) is 1.35. The first-order valence-corrected chi connectivity index (χ1v) is 19.6. The quantitative estimate of drug-likeness (QED) is 0.120. The number of esters is 1. The molecule has 3 aliphatic rings. The first kappa shape index (κ1) is 56.1. The molecule has 0 bridgehead atoms. The smallest absolute Gasteiger partial charge is 0.857 e. The maximum atomic E-state index is 12.8. The van der Waals surface area contributed by atoms with Crippen LogP contribution in [0.15, 0.2) is 103 Å². The summed E-state index contributed by atoms with van der Waals surface area (Å²) in [6, 6.07) is 37.3. The number of aliphatic hydroxyl groups excluding tert-OH is 2. The molecule has 3 fully saturated rings. The van der Waals surface area contributed by atoms with Gasteiger partial charge >= 0.3 is 35.5 Å².